The lowest BCUT2D eigenvalue weighted by atomic mass is 9.95. The summed E-state index contributed by atoms with van der Waals surface area (Å²) in [7, 11) is 0. The molecule has 26 heavy (non-hydrogen) atoms. The number of likely N-dealkylation sites (tertiary alicyclic amines) is 1. The van der Waals surface area contributed by atoms with E-state index in [-0.39, 0.29) is 5.92 Å². The summed E-state index contributed by atoms with van der Waals surface area (Å²) in [6, 6.07) is 9.93. The molecule has 0 N–H and O–H groups in total. The largest absolute Gasteiger partial charge is 0.342 e. The predicted molar refractivity (Wildman–Crippen MR) is 99.1 cm³/mol. The number of hydrogen-bond acceptors (Lipinski definition) is 5. The first-order valence-electron chi connectivity index (χ1n) is 9.70. The number of anilines is 1. The summed E-state index contributed by atoms with van der Waals surface area (Å²) >= 11 is 0. The molecule has 138 valence electrons. The number of nitrogens with zero attached hydrogens (tertiary/aromatic N) is 6. The van der Waals surface area contributed by atoms with Gasteiger partial charge in [0.15, 0.2) is 0 Å². The van der Waals surface area contributed by atoms with Gasteiger partial charge in [0, 0.05) is 32.1 Å². The van der Waals surface area contributed by atoms with Crippen LogP contribution in [-0.4, -0.2) is 57.2 Å². The number of tetrazole rings is 1. The van der Waals surface area contributed by atoms with Crippen molar-refractivity contribution in [2.75, 3.05) is 31.1 Å². The second-order valence-electron chi connectivity index (χ2n) is 7.23. The molecule has 2 aliphatic rings. The summed E-state index contributed by atoms with van der Waals surface area (Å²) in [5, 5.41) is 12.2. The van der Waals surface area contributed by atoms with Crippen molar-refractivity contribution in [1.29, 1.82) is 0 Å². The van der Waals surface area contributed by atoms with Gasteiger partial charge < -0.3 is 9.80 Å². The number of amides is 1. The topological polar surface area (TPSA) is 67.2 Å². The molecule has 0 aliphatic carbocycles. The molecule has 0 spiro atoms. The molecule has 0 unspecified atom stereocenters. The third kappa shape index (κ3) is 3.57. The molecule has 2 saturated heterocycles. The van der Waals surface area contributed by atoms with Crippen molar-refractivity contribution in [2.45, 2.75) is 38.5 Å². The molecule has 2 aliphatic heterocycles. The van der Waals surface area contributed by atoms with Gasteiger partial charge in [0.2, 0.25) is 11.9 Å². The van der Waals surface area contributed by atoms with Crippen molar-refractivity contribution < 1.29 is 4.79 Å². The number of aromatic nitrogens is 4. The van der Waals surface area contributed by atoms with Gasteiger partial charge in [-0.2, -0.15) is 4.68 Å². The zero-order chi connectivity index (χ0) is 17.8. The van der Waals surface area contributed by atoms with E-state index in [1.165, 1.54) is 12.8 Å². The number of benzene rings is 1. The van der Waals surface area contributed by atoms with Crippen LogP contribution >= 0.6 is 0 Å². The second kappa shape index (κ2) is 7.85. The fourth-order valence-corrected chi connectivity index (χ4v) is 3.99. The van der Waals surface area contributed by atoms with E-state index in [0.29, 0.717) is 5.91 Å². The summed E-state index contributed by atoms with van der Waals surface area (Å²) in [5.41, 5.74) is 0.954. The summed E-state index contributed by atoms with van der Waals surface area (Å²) in [6.07, 6.45) is 6.55. The Kier molecular flexibility index (Phi) is 5.13. The second-order valence-corrected chi connectivity index (χ2v) is 7.23. The van der Waals surface area contributed by atoms with Crippen LogP contribution in [0.3, 0.4) is 0 Å². The highest BCUT2D eigenvalue weighted by Gasteiger charge is 2.30. The maximum atomic E-state index is 12.8. The van der Waals surface area contributed by atoms with Crippen molar-refractivity contribution in [3.8, 4) is 5.69 Å². The minimum absolute atomic E-state index is 0.144. The predicted octanol–water partition coefficient (Wildman–Crippen LogP) is 2.28. The number of piperidine rings is 1. The lowest BCUT2D eigenvalue weighted by Crippen LogP contribution is -2.43. The van der Waals surface area contributed by atoms with Gasteiger partial charge in [-0.3, -0.25) is 4.79 Å². The Bertz CT molecular complexity index is 715. The number of rotatable bonds is 3. The van der Waals surface area contributed by atoms with Crippen LogP contribution in [0.5, 0.6) is 0 Å². The van der Waals surface area contributed by atoms with Crippen molar-refractivity contribution in [1.82, 2.24) is 25.1 Å². The molecule has 7 nitrogen and oxygen atoms in total. The van der Waals surface area contributed by atoms with Gasteiger partial charge in [-0.1, -0.05) is 36.1 Å². The van der Waals surface area contributed by atoms with Gasteiger partial charge in [0.1, 0.15) is 0 Å². The van der Waals surface area contributed by atoms with Crippen LogP contribution in [0.4, 0.5) is 5.95 Å². The van der Waals surface area contributed by atoms with Crippen LogP contribution in [-0.2, 0) is 4.79 Å². The minimum atomic E-state index is 0.144. The van der Waals surface area contributed by atoms with E-state index < -0.39 is 0 Å². The molecule has 0 saturated carbocycles. The highest BCUT2D eigenvalue weighted by molar-refractivity contribution is 5.79. The summed E-state index contributed by atoms with van der Waals surface area (Å²) in [6.45, 7) is 3.51. The van der Waals surface area contributed by atoms with Gasteiger partial charge in [-0.25, -0.2) is 0 Å². The van der Waals surface area contributed by atoms with Crippen LogP contribution in [0, 0.1) is 5.92 Å². The van der Waals surface area contributed by atoms with E-state index in [0.717, 1.165) is 63.5 Å². The number of para-hydroxylation sites is 1. The van der Waals surface area contributed by atoms with Crippen LogP contribution < -0.4 is 4.90 Å². The monoisotopic (exact) mass is 354 g/mol. The zero-order valence-corrected chi connectivity index (χ0v) is 15.1. The zero-order valence-electron chi connectivity index (χ0n) is 15.1. The van der Waals surface area contributed by atoms with E-state index in [1.54, 1.807) is 4.68 Å². The maximum absolute atomic E-state index is 12.8. The smallest absolute Gasteiger partial charge is 0.250 e. The third-order valence-corrected chi connectivity index (χ3v) is 5.50. The minimum Gasteiger partial charge on any atom is -0.342 e. The van der Waals surface area contributed by atoms with Crippen LogP contribution in [0.15, 0.2) is 30.3 Å². The lowest BCUT2D eigenvalue weighted by molar-refractivity contribution is -0.136. The Morgan fingerprint density at radius 3 is 2.31 bits per heavy atom. The number of carbonyl (C=O) groups is 1. The number of carbonyl (C=O) groups excluding carboxylic acids is 1. The van der Waals surface area contributed by atoms with Crippen LogP contribution in [0.2, 0.25) is 0 Å². The molecule has 0 bridgehead atoms. The average molecular weight is 354 g/mol. The quantitative estimate of drug-likeness (QED) is 0.846. The highest BCUT2D eigenvalue weighted by atomic mass is 16.2. The van der Waals surface area contributed by atoms with E-state index in [9.17, 15) is 4.79 Å². The molecule has 2 fully saturated rings. The Morgan fingerprint density at radius 2 is 1.62 bits per heavy atom. The first-order chi connectivity index (χ1) is 12.8. The van der Waals surface area contributed by atoms with Gasteiger partial charge in [0.05, 0.1) is 5.69 Å². The molecular weight excluding hydrogens is 328 g/mol. The third-order valence-electron chi connectivity index (χ3n) is 5.50. The Hall–Kier alpha value is -2.44. The molecule has 0 radical (unpaired) electrons. The first-order valence-corrected chi connectivity index (χ1v) is 9.70. The van der Waals surface area contributed by atoms with E-state index in [2.05, 4.69) is 25.3 Å². The molecule has 3 heterocycles. The number of hydrogen-bond donors (Lipinski definition) is 0. The van der Waals surface area contributed by atoms with Crippen molar-refractivity contribution >= 4 is 11.9 Å². The molecule has 2 aromatic rings. The van der Waals surface area contributed by atoms with Gasteiger partial charge in [-0.15, -0.1) is 0 Å². The first kappa shape index (κ1) is 17.0. The fourth-order valence-electron chi connectivity index (χ4n) is 3.99. The molecule has 0 atom stereocenters. The highest BCUT2D eigenvalue weighted by Crippen LogP contribution is 2.25. The maximum Gasteiger partial charge on any atom is 0.250 e. The summed E-state index contributed by atoms with van der Waals surface area (Å²) in [4.78, 5) is 17.1. The summed E-state index contributed by atoms with van der Waals surface area (Å²) in [5.74, 6) is 1.26. The molecule has 1 amide bonds. The Balaban J connectivity index is 1.40. The van der Waals surface area contributed by atoms with Gasteiger partial charge >= 0.3 is 0 Å². The van der Waals surface area contributed by atoms with Gasteiger partial charge in [-0.05, 0) is 48.2 Å². The molecular formula is C19H26N6O. The summed E-state index contributed by atoms with van der Waals surface area (Å²) < 4.78 is 1.77. The SMILES string of the molecule is O=C(C1CCN(c2nnnn2-c2ccccc2)CC1)N1CCCCCC1. The van der Waals surface area contributed by atoms with E-state index in [1.807, 2.05) is 30.3 Å². The van der Waals surface area contributed by atoms with Crippen molar-refractivity contribution in [3.05, 3.63) is 30.3 Å². The van der Waals surface area contributed by atoms with Gasteiger partial charge in [0.25, 0.3) is 0 Å². The standard InChI is InChI=1S/C19H26N6O/c26-18(23-12-6-1-2-7-13-23)16-10-14-24(15-11-16)19-20-21-22-25(19)17-8-4-3-5-9-17/h3-5,8-9,16H,1-2,6-7,10-15H2. The molecule has 7 heteroatoms. The van der Waals surface area contributed by atoms with Crippen molar-refractivity contribution in [2.24, 2.45) is 5.92 Å². The van der Waals surface area contributed by atoms with E-state index in [4.69, 9.17) is 0 Å². The lowest BCUT2D eigenvalue weighted by Gasteiger charge is -2.34. The molecule has 1 aromatic carbocycles. The Labute approximate surface area is 154 Å². The van der Waals surface area contributed by atoms with Crippen molar-refractivity contribution in [3.63, 3.8) is 0 Å². The van der Waals surface area contributed by atoms with E-state index >= 15 is 0 Å². The normalized spacial score (nSPS) is 19.4. The molecule has 1 aromatic heterocycles. The Morgan fingerprint density at radius 1 is 0.923 bits per heavy atom. The fraction of sp³-hybridized carbons (Fsp3) is 0.579. The molecule has 4 rings (SSSR count). The van der Waals surface area contributed by atoms with Crippen LogP contribution in [0.1, 0.15) is 38.5 Å². The van der Waals surface area contributed by atoms with Crippen LogP contribution in [0.25, 0.3) is 5.69 Å². The average Bonchev–Trinajstić information content (AvgIpc) is 3.03.